The van der Waals surface area contributed by atoms with Gasteiger partial charge in [0.05, 0.1) is 22.3 Å². The molecule has 0 saturated heterocycles. The lowest BCUT2D eigenvalue weighted by molar-refractivity contribution is 0.0950. The third kappa shape index (κ3) is 6.12. The Morgan fingerprint density at radius 3 is 2.56 bits per heavy atom. The molecule has 2 aromatic heterocycles. The first-order valence-electron chi connectivity index (χ1n) is 10.7. The van der Waals surface area contributed by atoms with Crippen LogP contribution in [0.15, 0.2) is 84.1 Å². The number of aryl methyl sites for hydroxylation is 1. The Morgan fingerprint density at radius 2 is 1.82 bits per heavy atom. The lowest BCUT2D eigenvalue weighted by Gasteiger charge is -2.09. The number of rotatable bonds is 10. The van der Waals surface area contributed by atoms with E-state index < -0.39 is 10.0 Å². The van der Waals surface area contributed by atoms with Crippen LogP contribution in [0.1, 0.15) is 28.0 Å². The van der Waals surface area contributed by atoms with E-state index in [1.165, 1.54) is 6.20 Å². The molecule has 4 aromatic rings. The van der Waals surface area contributed by atoms with E-state index in [0.717, 1.165) is 22.4 Å². The molecular weight excluding hydrogens is 452 g/mol. The van der Waals surface area contributed by atoms with Gasteiger partial charge in [-0.05, 0) is 59.9 Å². The van der Waals surface area contributed by atoms with Gasteiger partial charge >= 0.3 is 0 Å². The molecule has 0 aliphatic rings. The maximum Gasteiger partial charge on any atom is 0.253 e. The molecule has 4 rings (SSSR count). The molecule has 0 aliphatic heterocycles. The summed E-state index contributed by atoms with van der Waals surface area (Å²) in [4.78, 5) is 16.4. The van der Waals surface area contributed by atoms with Crippen molar-refractivity contribution in [3.63, 3.8) is 0 Å². The van der Waals surface area contributed by atoms with Crippen LogP contribution in [0, 0.1) is 0 Å². The lowest BCUT2D eigenvalue weighted by atomic mass is 10.0. The van der Waals surface area contributed by atoms with Gasteiger partial charge in [0.25, 0.3) is 5.91 Å². The average Bonchev–Trinajstić information content (AvgIpc) is 3.40. The maximum absolute atomic E-state index is 12.6. The Balaban J connectivity index is 1.35. The van der Waals surface area contributed by atoms with Crippen molar-refractivity contribution >= 4 is 15.9 Å². The van der Waals surface area contributed by atoms with Crippen LogP contribution in [0.3, 0.4) is 0 Å². The highest BCUT2D eigenvalue weighted by Gasteiger charge is 2.13. The number of nitrogens with zero attached hydrogens (tertiary/aromatic N) is 3. The number of hydrogen-bond acceptors (Lipinski definition) is 6. The summed E-state index contributed by atoms with van der Waals surface area (Å²) in [6.45, 7) is 0.677. The Kier molecular flexibility index (Phi) is 7.41. The molecule has 9 nitrogen and oxygen atoms in total. The summed E-state index contributed by atoms with van der Waals surface area (Å²) in [7, 11) is -3.60. The van der Waals surface area contributed by atoms with E-state index in [4.69, 9.17) is 0 Å². The molecule has 2 heterocycles. The fourth-order valence-electron chi connectivity index (χ4n) is 3.37. The smallest absolute Gasteiger partial charge is 0.253 e. The number of nitrogens with one attached hydrogen (secondary N) is 3. The zero-order valence-corrected chi connectivity index (χ0v) is 19.1. The molecule has 0 fully saturated rings. The zero-order chi connectivity index (χ0) is 23.8. The summed E-state index contributed by atoms with van der Waals surface area (Å²) in [6.07, 6.45) is 6.02. The van der Waals surface area contributed by atoms with Gasteiger partial charge in [-0.1, -0.05) is 30.3 Å². The molecule has 34 heavy (non-hydrogen) atoms. The van der Waals surface area contributed by atoms with E-state index in [1.54, 1.807) is 48.8 Å². The molecule has 0 unspecified atom stereocenters. The maximum atomic E-state index is 12.6. The summed E-state index contributed by atoms with van der Waals surface area (Å²) in [6, 6.07) is 17.9. The molecule has 3 N–H and O–H groups in total. The van der Waals surface area contributed by atoms with Crippen molar-refractivity contribution in [1.29, 1.82) is 0 Å². The van der Waals surface area contributed by atoms with Crippen molar-refractivity contribution in [3.8, 4) is 11.1 Å². The van der Waals surface area contributed by atoms with Gasteiger partial charge in [-0.25, -0.2) is 13.1 Å². The van der Waals surface area contributed by atoms with Crippen molar-refractivity contribution in [2.75, 3.05) is 6.54 Å². The second-order valence-electron chi connectivity index (χ2n) is 7.61. The standard InChI is InChI=1S/C24H24N6O3S/c31-24(21-6-2-12-25-16-21)26-15-18-4-1-5-20(14-18)19-8-10-23(11-9-19)34(32,33)28-13-3-7-22-17-27-30-29-22/h1-2,4-6,8-12,14,16-17,28H,3,7,13,15H2,(H,26,31)(H,27,29,30). The summed E-state index contributed by atoms with van der Waals surface area (Å²) in [5, 5.41) is 13.1. The summed E-state index contributed by atoms with van der Waals surface area (Å²) in [5.74, 6) is -0.193. The van der Waals surface area contributed by atoms with Gasteiger partial charge in [-0.3, -0.25) is 9.78 Å². The molecular formula is C24H24N6O3S. The molecule has 0 bridgehead atoms. The lowest BCUT2D eigenvalue weighted by Crippen LogP contribution is -2.25. The first-order chi connectivity index (χ1) is 16.5. The largest absolute Gasteiger partial charge is 0.348 e. The van der Waals surface area contributed by atoms with Crippen molar-refractivity contribution in [2.24, 2.45) is 0 Å². The van der Waals surface area contributed by atoms with Crippen molar-refractivity contribution < 1.29 is 13.2 Å². The fraction of sp³-hybridized carbons (Fsp3) is 0.167. The molecule has 174 valence electrons. The topological polar surface area (TPSA) is 130 Å². The highest BCUT2D eigenvalue weighted by atomic mass is 32.2. The number of aromatic amines is 1. The van der Waals surface area contributed by atoms with E-state index in [2.05, 4.69) is 30.4 Å². The Labute approximate surface area is 197 Å². The number of benzene rings is 2. The Hall–Kier alpha value is -3.89. The van der Waals surface area contributed by atoms with Crippen LogP contribution < -0.4 is 10.0 Å². The van der Waals surface area contributed by atoms with Crippen molar-refractivity contribution in [2.45, 2.75) is 24.3 Å². The Bertz CT molecular complexity index is 1320. The molecule has 0 aliphatic carbocycles. The molecule has 2 aromatic carbocycles. The third-order valence-corrected chi connectivity index (χ3v) is 6.65. The second-order valence-corrected chi connectivity index (χ2v) is 9.38. The quantitative estimate of drug-likeness (QED) is 0.302. The minimum Gasteiger partial charge on any atom is -0.348 e. The van der Waals surface area contributed by atoms with Gasteiger partial charge in [0.1, 0.15) is 0 Å². The van der Waals surface area contributed by atoms with Crippen LogP contribution in [-0.2, 0) is 23.0 Å². The normalized spacial score (nSPS) is 11.3. The zero-order valence-electron chi connectivity index (χ0n) is 18.3. The number of aromatic nitrogens is 4. The minimum absolute atomic E-state index is 0.193. The van der Waals surface area contributed by atoms with Gasteiger partial charge in [-0.2, -0.15) is 15.4 Å². The fourth-order valence-corrected chi connectivity index (χ4v) is 4.45. The number of hydrogen-bond donors (Lipinski definition) is 3. The number of carbonyl (C=O) groups excluding carboxylic acids is 1. The van der Waals surface area contributed by atoms with E-state index >= 15 is 0 Å². The number of carbonyl (C=O) groups is 1. The Morgan fingerprint density at radius 1 is 0.971 bits per heavy atom. The first kappa shape index (κ1) is 23.3. The minimum atomic E-state index is -3.60. The van der Waals surface area contributed by atoms with Crippen molar-refractivity contribution in [1.82, 2.24) is 30.4 Å². The van der Waals surface area contributed by atoms with E-state index in [0.29, 0.717) is 31.5 Å². The monoisotopic (exact) mass is 476 g/mol. The highest BCUT2D eigenvalue weighted by molar-refractivity contribution is 7.89. The molecule has 1 amide bonds. The van der Waals surface area contributed by atoms with Gasteiger partial charge in [0, 0.05) is 25.5 Å². The second kappa shape index (κ2) is 10.8. The molecule has 0 saturated carbocycles. The van der Waals surface area contributed by atoms with Crippen LogP contribution in [0.25, 0.3) is 11.1 Å². The SMILES string of the molecule is O=C(NCc1cccc(-c2ccc(S(=O)(=O)NCCCc3cn[nH]n3)cc2)c1)c1cccnc1. The van der Waals surface area contributed by atoms with E-state index in [-0.39, 0.29) is 10.8 Å². The van der Waals surface area contributed by atoms with Crippen LogP contribution in [0.5, 0.6) is 0 Å². The molecule has 0 radical (unpaired) electrons. The predicted molar refractivity (Wildman–Crippen MR) is 127 cm³/mol. The summed E-state index contributed by atoms with van der Waals surface area (Å²) < 4.78 is 27.8. The molecule has 0 atom stereocenters. The van der Waals surface area contributed by atoms with Gasteiger partial charge < -0.3 is 5.32 Å². The van der Waals surface area contributed by atoms with E-state index in [9.17, 15) is 13.2 Å². The number of amides is 1. The van der Waals surface area contributed by atoms with Crippen LogP contribution in [0.4, 0.5) is 0 Å². The van der Waals surface area contributed by atoms with Crippen LogP contribution in [-0.4, -0.2) is 41.3 Å². The number of pyridine rings is 1. The summed E-state index contributed by atoms with van der Waals surface area (Å²) >= 11 is 0. The average molecular weight is 477 g/mol. The third-order valence-electron chi connectivity index (χ3n) is 5.17. The number of sulfonamides is 1. The highest BCUT2D eigenvalue weighted by Crippen LogP contribution is 2.22. The van der Waals surface area contributed by atoms with Gasteiger partial charge in [-0.15, -0.1) is 0 Å². The molecule has 10 heteroatoms. The van der Waals surface area contributed by atoms with Crippen LogP contribution in [0.2, 0.25) is 0 Å². The first-order valence-corrected chi connectivity index (χ1v) is 12.2. The number of H-pyrrole nitrogens is 1. The van der Waals surface area contributed by atoms with E-state index in [1.807, 2.05) is 24.3 Å². The van der Waals surface area contributed by atoms with Crippen LogP contribution >= 0.6 is 0 Å². The summed E-state index contributed by atoms with van der Waals surface area (Å²) in [5.41, 5.74) is 4.04. The van der Waals surface area contributed by atoms with Gasteiger partial charge in [0.2, 0.25) is 10.0 Å². The molecule has 0 spiro atoms. The van der Waals surface area contributed by atoms with Gasteiger partial charge in [0.15, 0.2) is 0 Å². The van der Waals surface area contributed by atoms with Crippen molar-refractivity contribution in [3.05, 3.63) is 96.1 Å². The predicted octanol–water partition coefficient (Wildman–Crippen LogP) is 2.71.